The summed E-state index contributed by atoms with van der Waals surface area (Å²) in [5, 5.41) is 0. The van der Waals surface area contributed by atoms with Gasteiger partial charge in [-0.2, -0.15) is 0 Å². The Kier molecular flexibility index (Phi) is 10.0. The van der Waals surface area contributed by atoms with Crippen molar-refractivity contribution in [1.29, 1.82) is 0 Å². The van der Waals surface area contributed by atoms with Gasteiger partial charge in [-0.1, -0.05) is 52.4 Å². The fraction of sp³-hybridized carbons (Fsp3) is 0.500. The average molecular weight is 570 g/mol. The molecule has 0 amide bonds. The summed E-state index contributed by atoms with van der Waals surface area (Å²) in [5.74, 6) is 0. The molecule has 0 fully saturated rings. The molecule has 0 aliphatic carbocycles. The van der Waals surface area contributed by atoms with Gasteiger partial charge in [0.2, 0.25) is 0 Å². The molecule has 0 aromatic carbocycles. The molecule has 3 aromatic heterocycles. The van der Waals surface area contributed by atoms with Crippen molar-refractivity contribution in [2.75, 3.05) is 0 Å². The predicted octanol–water partition coefficient (Wildman–Crippen LogP) is 9.70. The molecule has 6 heteroatoms. The second kappa shape index (κ2) is 12.5. The summed E-state index contributed by atoms with van der Waals surface area (Å²) in [6, 6.07) is 4.56. The van der Waals surface area contributed by atoms with Crippen molar-refractivity contribution < 1.29 is 0 Å². The first-order valence-corrected chi connectivity index (χ1v) is 14.2. The van der Waals surface area contributed by atoms with Gasteiger partial charge >= 0.3 is 0 Å². The summed E-state index contributed by atoms with van der Waals surface area (Å²) in [5.41, 5.74) is 4.71. The fourth-order valence-electron chi connectivity index (χ4n) is 3.47. The molecule has 0 aliphatic rings. The van der Waals surface area contributed by atoms with Crippen LogP contribution in [0.1, 0.15) is 76.3 Å². The predicted molar refractivity (Wildman–Crippen MR) is 140 cm³/mol. The molecule has 0 saturated heterocycles. The van der Waals surface area contributed by atoms with Gasteiger partial charge in [-0.15, -0.1) is 22.7 Å². The highest BCUT2D eigenvalue weighted by molar-refractivity contribution is 9.11. The number of nitrogens with zero attached hydrogens (tertiary/aromatic N) is 2. The third-order valence-electron chi connectivity index (χ3n) is 5.27. The van der Waals surface area contributed by atoms with E-state index in [-0.39, 0.29) is 0 Å². The van der Waals surface area contributed by atoms with Gasteiger partial charge in [-0.05, 0) is 80.8 Å². The van der Waals surface area contributed by atoms with Gasteiger partial charge in [0.1, 0.15) is 0 Å². The molecule has 3 rings (SSSR count). The highest BCUT2D eigenvalue weighted by Crippen LogP contribution is 2.37. The lowest BCUT2D eigenvalue weighted by Crippen LogP contribution is -1.87. The molecule has 0 spiro atoms. The topological polar surface area (TPSA) is 25.8 Å². The van der Waals surface area contributed by atoms with Crippen LogP contribution in [0.4, 0.5) is 0 Å². The Morgan fingerprint density at radius 3 is 1.47 bits per heavy atom. The second-order valence-corrected chi connectivity index (χ2v) is 12.5. The van der Waals surface area contributed by atoms with Crippen LogP contribution in [0.15, 0.2) is 32.1 Å². The van der Waals surface area contributed by atoms with Gasteiger partial charge in [0, 0.05) is 0 Å². The highest BCUT2D eigenvalue weighted by Gasteiger charge is 2.13. The molecule has 3 aromatic rings. The molecular weight excluding hydrogens is 540 g/mol. The molecule has 0 aliphatic heterocycles. The van der Waals surface area contributed by atoms with Crippen molar-refractivity contribution in [2.24, 2.45) is 0 Å². The Hall–Kier alpha value is -0.560. The van der Waals surface area contributed by atoms with Crippen molar-refractivity contribution in [1.82, 2.24) is 9.97 Å². The van der Waals surface area contributed by atoms with E-state index in [1.54, 1.807) is 22.7 Å². The molecule has 0 unspecified atom stereocenters. The summed E-state index contributed by atoms with van der Waals surface area (Å²) in [4.78, 5) is 11.8. The van der Waals surface area contributed by atoms with E-state index in [1.807, 2.05) is 12.4 Å². The number of halogens is 2. The van der Waals surface area contributed by atoms with E-state index in [9.17, 15) is 0 Å². The highest BCUT2D eigenvalue weighted by atomic mass is 79.9. The fourth-order valence-corrected chi connectivity index (χ4v) is 6.94. The van der Waals surface area contributed by atoms with E-state index in [0.29, 0.717) is 0 Å². The Morgan fingerprint density at radius 1 is 0.667 bits per heavy atom. The third-order valence-corrected chi connectivity index (χ3v) is 9.24. The van der Waals surface area contributed by atoms with Gasteiger partial charge in [-0.25, -0.2) is 0 Å². The van der Waals surface area contributed by atoms with Crippen molar-refractivity contribution in [3.8, 4) is 21.1 Å². The average Bonchev–Trinajstić information content (AvgIpc) is 3.31. The largest absolute Gasteiger partial charge is 0.251 e. The summed E-state index contributed by atoms with van der Waals surface area (Å²) in [7, 11) is 0. The standard InChI is InChI=1S/C24H30Br2N2S2/c1-3-5-7-9-11-17-13-21(29-23(17)25)19-15-28-20(16-27-19)22-14-18(24(26)30-22)12-10-8-6-4-2/h13-16H,3-12H2,1-2H3. The molecule has 0 N–H and O–H groups in total. The lowest BCUT2D eigenvalue weighted by molar-refractivity contribution is 0.667. The molecular formula is C24H30Br2N2S2. The lowest BCUT2D eigenvalue weighted by Gasteiger charge is -2.00. The number of aromatic nitrogens is 2. The minimum absolute atomic E-state index is 0.958. The molecule has 2 nitrogen and oxygen atoms in total. The maximum atomic E-state index is 4.73. The number of rotatable bonds is 12. The third kappa shape index (κ3) is 6.72. The first-order chi connectivity index (χ1) is 14.6. The molecule has 0 bridgehead atoms. The number of hydrogen-bond donors (Lipinski definition) is 0. The Balaban J connectivity index is 1.65. The van der Waals surface area contributed by atoms with Crippen LogP contribution in [0.3, 0.4) is 0 Å². The summed E-state index contributed by atoms with van der Waals surface area (Å²) >= 11 is 11.0. The van der Waals surface area contributed by atoms with E-state index in [1.165, 1.54) is 79.8 Å². The summed E-state index contributed by atoms with van der Waals surface area (Å²) < 4.78 is 2.46. The van der Waals surface area contributed by atoms with Crippen LogP contribution in [0.2, 0.25) is 0 Å². The molecule has 3 heterocycles. The summed E-state index contributed by atoms with van der Waals surface area (Å²) in [6.07, 6.45) is 16.4. The number of thiophene rings is 2. The zero-order chi connectivity index (χ0) is 21.3. The second-order valence-electron chi connectivity index (χ2n) is 7.73. The van der Waals surface area contributed by atoms with Gasteiger partial charge in [-0.3, -0.25) is 9.97 Å². The zero-order valence-corrected chi connectivity index (χ0v) is 22.7. The van der Waals surface area contributed by atoms with Crippen LogP contribution in [0.5, 0.6) is 0 Å². The van der Waals surface area contributed by atoms with E-state index in [2.05, 4.69) is 57.8 Å². The van der Waals surface area contributed by atoms with Crippen molar-refractivity contribution >= 4 is 54.5 Å². The molecule has 162 valence electrons. The maximum absolute atomic E-state index is 4.73. The van der Waals surface area contributed by atoms with Gasteiger partial charge in [0.05, 0.1) is 41.1 Å². The first kappa shape index (κ1) is 24.1. The Bertz CT molecular complexity index is 841. The van der Waals surface area contributed by atoms with E-state index < -0.39 is 0 Å². The van der Waals surface area contributed by atoms with Crippen molar-refractivity contribution in [3.05, 3.63) is 43.2 Å². The van der Waals surface area contributed by atoms with Crippen LogP contribution in [-0.2, 0) is 12.8 Å². The molecule has 0 radical (unpaired) electrons. The van der Waals surface area contributed by atoms with E-state index in [4.69, 9.17) is 9.97 Å². The molecule has 0 atom stereocenters. The SMILES string of the molecule is CCCCCCc1cc(-c2cnc(-c3cc(CCCCCC)c(Br)s3)cn2)sc1Br. The minimum Gasteiger partial charge on any atom is -0.251 e. The first-order valence-electron chi connectivity index (χ1n) is 11.0. The van der Waals surface area contributed by atoms with Gasteiger partial charge < -0.3 is 0 Å². The normalized spacial score (nSPS) is 11.3. The van der Waals surface area contributed by atoms with Gasteiger partial charge in [0.15, 0.2) is 0 Å². The van der Waals surface area contributed by atoms with Crippen LogP contribution in [0, 0.1) is 0 Å². The lowest BCUT2D eigenvalue weighted by atomic mass is 10.1. The Labute approximate surface area is 205 Å². The molecule has 0 saturated carbocycles. The Morgan fingerprint density at radius 2 is 1.10 bits per heavy atom. The zero-order valence-electron chi connectivity index (χ0n) is 17.8. The van der Waals surface area contributed by atoms with Crippen LogP contribution < -0.4 is 0 Å². The minimum atomic E-state index is 0.958. The van der Waals surface area contributed by atoms with Gasteiger partial charge in [0.25, 0.3) is 0 Å². The van der Waals surface area contributed by atoms with Crippen LogP contribution >= 0.6 is 54.5 Å². The van der Waals surface area contributed by atoms with E-state index in [0.717, 1.165) is 24.2 Å². The van der Waals surface area contributed by atoms with E-state index >= 15 is 0 Å². The quantitative estimate of drug-likeness (QED) is 0.203. The number of hydrogen-bond acceptors (Lipinski definition) is 4. The van der Waals surface area contributed by atoms with Crippen LogP contribution in [0.25, 0.3) is 21.1 Å². The monoisotopic (exact) mass is 568 g/mol. The summed E-state index contributed by atoms with van der Waals surface area (Å²) in [6.45, 7) is 4.51. The smallest absolute Gasteiger partial charge is 0.0985 e. The van der Waals surface area contributed by atoms with Crippen LogP contribution in [-0.4, -0.2) is 9.97 Å². The number of aryl methyl sites for hydroxylation is 2. The van der Waals surface area contributed by atoms with Crippen molar-refractivity contribution in [3.63, 3.8) is 0 Å². The number of unbranched alkanes of at least 4 members (excludes halogenated alkanes) is 6. The molecule has 30 heavy (non-hydrogen) atoms. The maximum Gasteiger partial charge on any atom is 0.0985 e. The van der Waals surface area contributed by atoms with Crippen molar-refractivity contribution in [2.45, 2.75) is 78.1 Å².